The molecule has 1 N–H and O–H groups in total. The number of hydrogen-bond acceptors (Lipinski definition) is 1. The number of hydrogen-bond donors (Lipinski definition) is 1. The Kier molecular flexibility index (Phi) is 3.62. The van der Waals surface area contributed by atoms with Gasteiger partial charge in [-0.25, -0.2) is 0 Å². The van der Waals surface area contributed by atoms with Crippen molar-refractivity contribution in [2.45, 2.75) is 32.1 Å². The summed E-state index contributed by atoms with van der Waals surface area (Å²) in [7, 11) is 0. The van der Waals surface area contributed by atoms with Gasteiger partial charge >= 0.3 is 0 Å². The van der Waals surface area contributed by atoms with E-state index in [2.05, 4.69) is 67.7 Å². The molecule has 1 saturated heterocycles. The molecule has 2 aromatic rings. The molecule has 3 rings (SSSR count). The molecule has 104 valence electrons. The van der Waals surface area contributed by atoms with Crippen LogP contribution in [0, 0.1) is 6.92 Å². The highest BCUT2D eigenvalue weighted by molar-refractivity contribution is 5.35. The molecule has 0 atom stereocenters. The predicted molar refractivity (Wildman–Crippen MR) is 85.3 cm³/mol. The molecule has 1 aliphatic heterocycles. The molecule has 0 aromatic heterocycles. The third-order valence-corrected chi connectivity index (χ3v) is 4.56. The van der Waals surface area contributed by atoms with Gasteiger partial charge in [-0.05, 0) is 36.5 Å². The molecule has 2 aromatic carbocycles. The molecule has 0 radical (unpaired) electrons. The smallest absolute Gasteiger partial charge is 0.0242 e. The van der Waals surface area contributed by atoms with Crippen molar-refractivity contribution in [2.75, 3.05) is 13.1 Å². The quantitative estimate of drug-likeness (QED) is 0.890. The molecule has 1 heteroatoms. The van der Waals surface area contributed by atoms with Crippen LogP contribution in [0.3, 0.4) is 0 Å². The van der Waals surface area contributed by atoms with E-state index in [1.807, 2.05) is 0 Å². The van der Waals surface area contributed by atoms with Crippen molar-refractivity contribution in [1.82, 2.24) is 5.32 Å². The summed E-state index contributed by atoms with van der Waals surface area (Å²) in [5.74, 6) is 0. The lowest BCUT2D eigenvalue weighted by atomic mass is 9.71. The Morgan fingerprint density at radius 1 is 0.900 bits per heavy atom. The Morgan fingerprint density at radius 2 is 1.50 bits per heavy atom. The standard InChI is InChI=1S/C19H23N/c1-3-16-6-8-17(9-7-16)12-19(13-20-14-19)18-10-4-15(2)5-11-18/h4-11,20H,3,12-14H2,1-2H3. The fourth-order valence-corrected chi connectivity index (χ4v) is 3.05. The fourth-order valence-electron chi connectivity index (χ4n) is 3.05. The molecule has 0 saturated carbocycles. The summed E-state index contributed by atoms with van der Waals surface area (Å²) in [4.78, 5) is 0. The second kappa shape index (κ2) is 5.41. The van der Waals surface area contributed by atoms with Crippen molar-refractivity contribution in [1.29, 1.82) is 0 Å². The molecular weight excluding hydrogens is 242 g/mol. The molecule has 0 bridgehead atoms. The Hall–Kier alpha value is -1.60. The molecule has 0 spiro atoms. The molecule has 1 aliphatic rings. The number of benzene rings is 2. The van der Waals surface area contributed by atoms with E-state index in [4.69, 9.17) is 0 Å². The van der Waals surface area contributed by atoms with Gasteiger partial charge in [0.05, 0.1) is 0 Å². The van der Waals surface area contributed by atoms with Crippen molar-refractivity contribution >= 4 is 0 Å². The first kappa shape index (κ1) is 13.4. The van der Waals surface area contributed by atoms with Crippen LogP contribution in [0.5, 0.6) is 0 Å². The van der Waals surface area contributed by atoms with Crippen molar-refractivity contribution in [2.24, 2.45) is 0 Å². The molecule has 1 heterocycles. The lowest BCUT2D eigenvalue weighted by Gasteiger charge is -2.43. The maximum Gasteiger partial charge on any atom is 0.0242 e. The topological polar surface area (TPSA) is 12.0 Å². The molecule has 1 nitrogen and oxygen atoms in total. The summed E-state index contributed by atoms with van der Waals surface area (Å²) < 4.78 is 0. The van der Waals surface area contributed by atoms with Crippen LogP contribution in [0.25, 0.3) is 0 Å². The first-order valence-corrected chi connectivity index (χ1v) is 7.57. The summed E-state index contributed by atoms with van der Waals surface area (Å²) in [5, 5.41) is 3.46. The van der Waals surface area contributed by atoms with Gasteiger partial charge in [0, 0.05) is 18.5 Å². The van der Waals surface area contributed by atoms with E-state index in [1.54, 1.807) is 0 Å². The van der Waals surface area contributed by atoms with Crippen molar-refractivity contribution in [3.8, 4) is 0 Å². The van der Waals surface area contributed by atoms with Gasteiger partial charge in [0.1, 0.15) is 0 Å². The lowest BCUT2D eigenvalue weighted by molar-refractivity contribution is 0.274. The van der Waals surface area contributed by atoms with Gasteiger partial charge in [-0.1, -0.05) is 61.0 Å². The van der Waals surface area contributed by atoms with Gasteiger partial charge < -0.3 is 5.32 Å². The van der Waals surface area contributed by atoms with Crippen molar-refractivity contribution in [3.05, 3.63) is 70.8 Å². The minimum atomic E-state index is 0.293. The zero-order valence-electron chi connectivity index (χ0n) is 12.4. The van der Waals surface area contributed by atoms with Crippen LogP contribution in [0.1, 0.15) is 29.2 Å². The summed E-state index contributed by atoms with van der Waals surface area (Å²) in [6, 6.07) is 18.2. The zero-order chi connectivity index (χ0) is 14.0. The second-order valence-electron chi connectivity index (χ2n) is 6.10. The minimum Gasteiger partial charge on any atom is -0.315 e. The van der Waals surface area contributed by atoms with Crippen LogP contribution in [0.2, 0.25) is 0 Å². The first-order valence-electron chi connectivity index (χ1n) is 7.57. The van der Waals surface area contributed by atoms with E-state index < -0.39 is 0 Å². The van der Waals surface area contributed by atoms with Crippen molar-refractivity contribution < 1.29 is 0 Å². The van der Waals surface area contributed by atoms with Crippen LogP contribution in [0.4, 0.5) is 0 Å². The van der Waals surface area contributed by atoms with Gasteiger partial charge in [0.25, 0.3) is 0 Å². The third-order valence-electron chi connectivity index (χ3n) is 4.56. The zero-order valence-corrected chi connectivity index (χ0v) is 12.4. The highest BCUT2D eigenvalue weighted by atomic mass is 15.0. The van der Waals surface area contributed by atoms with Crippen molar-refractivity contribution in [3.63, 3.8) is 0 Å². The van der Waals surface area contributed by atoms with Crippen LogP contribution in [-0.2, 0) is 18.3 Å². The Morgan fingerprint density at radius 3 is 2.00 bits per heavy atom. The minimum absolute atomic E-state index is 0.293. The largest absolute Gasteiger partial charge is 0.315 e. The van der Waals surface area contributed by atoms with Crippen LogP contribution < -0.4 is 5.32 Å². The van der Waals surface area contributed by atoms with E-state index >= 15 is 0 Å². The van der Waals surface area contributed by atoms with Gasteiger partial charge in [0.15, 0.2) is 0 Å². The molecule has 0 amide bonds. The van der Waals surface area contributed by atoms with Crippen LogP contribution in [0.15, 0.2) is 48.5 Å². The van der Waals surface area contributed by atoms with Gasteiger partial charge in [-0.3, -0.25) is 0 Å². The Labute approximate surface area is 122 Å². The SMILES string of the molecule is CCc1ccc(CC2(c3ccc(C)cc3)CNC2)cc1. The van der Waals surface area contributed by atoms with E-state index in [9.17, 15) is 0 Å². The van der Waals surface area contributed by atoms with E-state index in [0.29, 0.717) is 5.41 Å². The van der Waals surface area contributed by atoms with Gasteiger partial charge in [0.2, 0.25) is 0 Å². The maximum atomic E-state index is 3.46. The summed E-state index contributed by atoms with van der Waals surface area (Å²) in [6.45, 7) is 6.54. The highest BCUT2D eigenvalue weighted by Crippen LogP contribution is 2.32. The number of nitrogens with one attached hydrogen (secondary N) is 1. The second-order valence-corrected chi connectivity index (χ2v) is 6.10. The average Bonchev–Trinajstić information content (AvgIpc) is 2.45. The highest BCUT2D eigenvalue weighted by Gasteiger charge is 2.38. The Balaban J connectivity index is 1.83. The van der Waals surface area contributed by atoms with E-state index in [0.717, 1.165) is 25.9 Å². The summed E-state index contributed by atoms with van der Waals surface area (Å²) in [5.41, 5.74) is 5.97. The molecule has 1 fully saturated rings. The van der Waals surface area contributed by atoms with E-state index in [-0.39, 0.29) is 0 Å². The fraction of sp³-hybridized carbons (Fsp3) is 0.368. The number of aryl methyl sites for hydroxylation is 2. The molecule has 0 unspecified atom stereocenters. The monoisotopic (exact) mass is 265 g/mol. The lowest BCUT2D eigenvalue weighted by Crippen LogP contribution is -2.58. The van der Waals surface area contributed by atoms with Gasteiger partial charge in [-0.2, -0.15) is 0 Å². The van der Waals surface area contributed by atoms with Gasteiger partial charge in [-0.15, -0.1) is 0 Å². The Bertz CT molecular complexity index is 562. The summed E-state index contributed by atoms with van der Waals surface area (Å²) in [6.07, 6.45) is 2.25. The maximum absolute atomic E-state index is 3.46. The third kappa shape index (κ3) is 2.51. The summed E-state index contributed by atoms with van der Waals surface area (Å²) >= 11 is 0. The predicted octanol–water partition coefficient (Wildman–Crippen LogP) is 3.64. The average molecular weight is 265 g/mol. The van der Waals surface area contributed by atoms with Crippen LogP contribution >= 0.6 is 0 Å². The first-order chi connectivity index (χ1) is 9.72. The van der Waals surface area contributed by atoms with Crippen LogP contribution in [-0.4, -0.2) is 13.1 Å². The molecule has 20 heavy (non-hydrogen) atoms. The molecule has 0 aliphatic carbocycles. The molecular formula is C19H23N. The normalized spacial score (nSPS) is 16.7. The van der Waals surface area contributed by atoms with E-state index in [1.165, 1.54) is 22.3 Å². The number of rotatable bonds is 4.